The lowest BCUT2D eigenvalue weighted by Gasteiger charge is -2.30. The van der Waals surface area contributed by atoms with E-state index in [4.69, 9.17) is 24.7 Å². The molecular formula is C31H35N3O9S. The van der Waals surface area contributed by atoms with Gasteiger partial charge in [-0.3, -0.25) is 4.79 Å². The van der Waals surface area contributed by atoms with Crippen molar-refractivity contribution in [1.29, 1.82) is 0 Å². The summed E-state index contributed by atoms with van der Waals surface area (Å²) in [5.41, 5.74) is 7.94. The molecule has 0 radical (unpaired) electrons. The number of methoxy groups -OCH3 is 2. The van der Waals surface area contributed by atoms with Gasteiger partial charge in [-0.25, -0.2) is 13.2 Å². The minimum atomic E-state index is -3.95. The van der Waals surface area contributed by atoms with E-state index in [1.54, 1.807) is 54.6 Å². The van der Waals surface area contributed by atoms with Crippen molar-refractivity contribution in [1.82, 2.24) is 4.31 Å². The van der Waals surface area contributed by atoms with Gasteiger partial charge in [0.15, 0.2) is 5.76 Å². The lowest BCUT2D eigenvalue weighted by molar-refractivity contribution is -0.143. The number of nitrogens with zero attached hydrogens (tertiary/aromatic N) is 1. The first kappa shape index (κ1) is 32.5. The number of nitrogens with one attached hydrogen (secondary N) is 1. The van der Waals surface area contributed by atoms with Gasteiger partial charge < -0.3 is 35.1 Å². The van der Waals surface area contributed by atoms with E-state index >= 15 is 0 Å². The highest BCUT2D eigenvalue weighted by Crippen LogP contribution is 2.32. The van der Waals surface area contributed by atoms with Crippen LogP contribution in [0.15, 0.2) is 89.5 Å². The minimum Gasteiger partial charge on any atom is -0.497 e. The van der Waals surface area contributed by atoms with E-state index in [0.29, 0.717) is 29.1 Å². The summed E-state index contributed by atoms with van der Waals surface area (Å²) >= 11 is 0. The number of ether oxygens (including phenoxy) is 4. The molecule has 3 aromatic rings. The number of amides is 1. The third kappa shape index (κ3) is 7.94. The van der Waals surface area contributed by atoms with Crippen LogP contribution in [-0.4, -0.2) is 76.5 Å². The molecule has 44 heavy (non-hydrogen) atoms. The first-order valence-electron chi connectivity index (χ1n) is 13.8. The Labute approximate surface area is 256 Å². The molecule has 1 aliphatic rings. The number of aliphatic hydroxyl groups is 1. The van der Waals surface area contributed by atoms with Crippen LogP contribution in [-0.2, 0) is 29.0 Å². The summed E-state index contributed by atoms with van der Waals surface area (Å²) in [4.78, 5) is 25.2. The molecule has 0 spiro atoms. The number of sulfonamides is 1. The number of hydrogen-bond acceptors (Lipinski definition) is 10. The Hall–Kier alpha value is -4.43. The Balaban J connectivity index is 1.51. The number of nitrogen functional groups attached to an aromatic ring is 1. The Morgan fingerprint density at radius 3 is 2.36 bits per heavy atom. The molecule has 13 heteroatoms. The maximum atomic E-state index is 13.3. The molecular weight excluding hydrogens is 590 g/mol. The molecule has 4 rings (SSSR count). The molecule has 0 aromatic heterocycles. The topological polar surface area (TPSA) is 167 Å². The number of anilines is 2. The van der Waals surface area contributed by atoms with E-state index in [2.05, 4.69) is 5.32 Å². The number of carbonyl (C=O) groups excluding carboxylic acids is 2. The van der Waals surface area contributed by atoms with E-state index in [0.717, 1.165) is 9.87 Å². The van der Waals surface area contributed by atoms with E-state index in [-0.39, 0.29) is 36.3 Å². The zero-order chi connectivity index (χ0) is 31.7. The molecule has 0 saturated carbocycles. The molecule has 0 aliphatic carbocycles. The second-order valence-electron chi connectivity index (χ2n) is 9.75. The molecule has 1 heterocycles. The monoisotopic (exact) mass is 625 g/mol. The molecule has 4 N–H and O–H groups in total. The number of allylic oxidation sites excluding steroid dienone is 1. The quantitative estimate of drug-likeness (QED) is 0.190. The second kappa shape index (κ2) is 14.8. The number of para-hydroxylation sites is 2. The van der Waals surface area contributed by atoms with Gasteiger partial charge in [0.1, 0.15) is 5.75 Å². The van der Waals surface area contributed by atoms with Gasteiger partial charge in [0.05, 0.1) is 49.3 Å². The number of nitrogens with two attached hydrogens (primary N) is 1. The zero-order valence-corrected chi connectivity index (χ0v) is 25.2. The van der Waals surface area contributed by atoms with Gasteiger partial charge in [-0.15, -0.1) is 0 Å². The Morgan fingerprint density at radius 2 is 1.73 bits per heavy atom. The van der Waals surface area contributed by atoms with Gasteiger partial charge in [-0.1, -0.05) is 24.3 Å². The summed E-state index contributed by atoms with van der Waals surface area (Å²) in [6.07, 6.45) is 1.04. The molecule has 0 unspecified atom stereocenters. The number of hydrogen-bond donors (Lipinski definition) is 3. The summed E-state index contributed by atoms with van der Waals surface area (Å²) in [5.74, 6) is -0.863. The zero-order valence-electron chi connectivity index (χ0n) is 24.3. The molecule has 1 amide bonds. The van der Waals surface area contributed by atoms with Crippen molar-refractivity contribution >= 4 is 33.3 Å². The van der Waals surface area contributed by atoms with Gasteiger partial charge in [0.2, 0.25) is 16.3 Å². The molecule has 234 valence electrons. The van der Waals surface area contributed by atoms with Crippen molar-refractivity contribution < 1.29 is 42.1 Å². The van der Waals surface area contributed by atoms with Crippen LogP contribution in [0.1, 0.15) is 28.3 Å². The van der Waals surface area contributed by atoms with Crippen LogP contribution in [0.5, 0.6) is 5.75 Å². The van der Waals surface area contributed by atoms with Crippen LogP contribution < -0.4 is 15.8 Å². The highest BCUT2D eigenvalue weighted by atomic mass is 32.2. The van der Waals surface area contributed by atoms with Crippen LogP contribution in [0.25, 0.3) is 0 Å². The number of benzene rings is 3. The normalized spacial score (nSPS) is 16.5. The van der Waals surface area contributed by atoms with Gasteiger partial charge >= 0.3 is 5.97 Å². The van der Waals surface area contributed by atoms with E-state index in [1.807, 2.05) is 0 Å². The van der Waals surface area contributed by atoms with Gasteiger partial charge in [-0.2, -0.15) is 4.31 Å². The third-order valence-electron chi connectivity index (χ3n) is 6.94. The fraction of sp³-hybridized carbons (Fsp3) is 0.290. The number of aliphatic hydroxyl groups excluding tert-OH is 1. The maximum absolute atomic E-state index is 13.3. The van der Waals surface area contributed by atoms with Crippen LogP contribution in [0.2, 0.25) is 0 Å². The first-order valence-corrected chi connectivity index (χ1v) is 15.2. The molecule has 0 fully saturated rings. The van der Waals surface area contributed by atoms with Gasteiger partial charge in [0, 0.05) is 25.4 Å². The number of carbonyl (C=O) groups is 2. The predicted octanol–water partition coefficient (Wildman–Crippen LogP) is 3.12. The number of esters is 1. The molecule has 0 bridgehead atoms. The van der Waals surface area contributed by atoms with Crippen molar-refractivity contribution in [2.45, 2.75) is 23.5 Å². The minimum absolute atomic E-state index is 0.00961. The van der Waals surface area contributed by atoms with Crippen molar-refractivity contribution in [3.8, 4) is 5.75 Å². The average Bonchev–Trinajstić information content (AvgIpc) is 3.05. The molecule has 2 atom stereocenters. The maximum Gasteiger partial charge on any atom is 0.337 e. The molecule has 12 nitrogen and oxygen atoms in total. The SMILES string of the molecule is COC(=O)c1ccc([C@H]2C=C(C(=O)Nc3ccccc3N)O[C@@H](OCCN(CCO)S(=O)(=O)c3ccc(OC)cc3)C2)cc1. The largest absolute Gasteiger partial charge is 0.497 e. The van der Waals surface area contributed by atoms with Gasteiger partial charge in [0.25, 0.3) is 5.91 Å². The fourth-order valence-electron chi connectivity index (χ4n) is 4.58. The highest BCUT2D eigenvalue weighted by molar-refractivity contribution is 7.89. The summed E-state index contributed by atoms with van der Waals surface area (Å²) in [6, 6.07) is 19.5. The first-order chi connectivity index (χ1) is 21.2. The van der Waals surface area contributed by atoms with Crippen LogP contribution in [0, 0.1) is 0 Å². The van der Waals surface area contributed by atoms with Crippen molar-refractivity contribution in [2.75, 3.05) is 51.6 Å². The predicted molar refractivity (Wildman–Crippen MR) is 162 cm³/mol. The molecule has 1 aliphatic heterocycles. The second-order valence-corrected chi connectivity index (χ2v) is 11.7. The van der Waals surface area contributed by atoms with Crippen molar-refractivity contribution in [3.05, 3.63) is 95.8 Å². The lowest BCUT2D eigenvalue weighted by atomic mass is 9.92. The molecule has 3 aromatic carbocycles. The van der Waals surface area contributed by atoms with Crippen LogP contribution >= 0.6 is 0 Å². The standard InChI is InChI=1S/C31H35N3O9S/c1-40-24-11-13-25(14-12-24)44(38,39)34(15-17-35)16-18-42-29-20-23(21-7-9-22(10-8-21)31(37)41-2)19-28(43-29)30(36)33-27-6-4-3-5-26(27)32/h3-14,19,23,29,35H,15-18,20,32H2,1-2H3,(H,33,36)/t23-,29+/m0/s1. The molecule has 0 saturated heterocycles. The summed E-state index contributed by atoms with van der Waals surface area (Å²) in [6.45, 7) is -0.716. The number of rotatable bonds is 13. The van der Waals surface area contributed by atoms with E-state index in [1.165, 1.54) is 38.5 Å². The third-order valence-corrected chi connectivity index (χ3v) is 8.85. The summed E-state index contributed by atoms with van der Waals surface area (Å²) in [5, 5.41) is 12.3. The lowest BCUT2D eigenvalue weighted by Crippen LogP contribution is -2.37. The van der Waals surface area contributed by atoms with E-state index < -0.39 is 34.8 Å². The summed E-state index contributed by atoms with van der Waals surface area (Å²) in [7, 11) is -1.17. The Morgan fingerprint density at radius 1 is 1.02 bits per heavy atom. The highest BCUT2D eigenvalue weighted by Gasteiger charge is 2.30. The Kier molecular flexibility index (Phi) is 11.0. The van der Waals surface area contributed by atoms with E-state index in [9.17, 15) is 23.1 Å². The fourth-order valence-corrected chi connectivity index (χ4v) is 5.99. The smallest absolute Gasteiger partial charge is 0.337 e. The van der Waals surface area contributed by atoms with Crippen molar-refractivity contribution in [2.24, 2.45) is 0 Å². The van der Waals surface area contributed by atoms with Crippen LogP contribution in [0.3, 0.4) is 0 Å². The van der Waals surface area contributed by atoms with Gasteiger partial charge in [-0.05, 0) is 60.2 Å². The van der Waals surface area contributed by atoms with Crippen LogP contribution in [0.4, 0.5) is 11.4 Å². The van der Waals surface area contributed by atoms with Crippen molar-refractivity contribution in [3.63, 3.8) is 0 Å². The average molecular weight is 626 g/mol. The summed E-state index contributed by atoms with van der Waals surface area (Å²) < 4.78 is 49.4. The Bertz CT molecular complexity index is 1580.